The predicted octanol–water partition coefficient (Wildman–Crippen LogP) is 3.85. The largest absolute Gasteiger partial charge is 0.497 e. The summed E-state index contributed by atoms with van der Waals surface area (Å²) < 4.78 is 5.25. The summed E-state index contributed by atoms with van der Waals surface area (Å²) in [5.41, 5.74) is 5.79. The first-order valence-electron chi connectivity index (χ1n) is 9.22. The zero-order chi connectivity index (χ0) is 17.1. The molecular weight excluding hydrogens is 308 g/mol. The van der Waals surface area contributed by atoms with Crippen molar-refractivity contribution in [3.63, 3.8) is 0 Å². The van der Waals surface area contributed by atoms with E-state index in [2.05, 4.69) is 52.3 Å². The molecule has 0 atom stereocenters. The Kier molecular flexibility index (Phi) is 4.75. The second kappa shape index (κ2) is 7.32. The third-order valence-corrected chi connectivity index (χ3v) is 5.44. The molecule has 3 heteroatoms. The summed E-state index contributed by atoms with van der Waals surface area (Å²) in [6.07, 6.45) is 4.69. The average Bonchev–Trinajstić information content (AvgIpc) is 3.10. The summed E-state index contributed by atoms with van der Waals surface area (Å²) in [7, 11) is 1.71. The van der Waals surface area contributed by atoms with Gasteiger partial charge in [-0.15, -0.1) is 0 Å². The van der Waals surface area contributed by atoms with Crippen LogP contribution >= 0.6 is 0 Å². The van der Waals surface area contributed by atoms with Crippen molar-refractivity contribution in [1.29, 1.82) is 0 Å². The van der Waals surface area contributed by atoms with Crippen LogP contribution in [0.25, 0.3) is 5.57 Å². The molecule has 1 heterocycles. The maximum absolute atomic E-state index is 5.25. The summed E-state index contributed by atoms with van der Waals surface area (Å²) >= 11 is 0. The third-order valence-electron chi connectivity index (χ3n) is 5.44. The van der Waals surface area contributed by atoms with Gasteiger partial charge in [0.15, 0.2) is 0 Å². The minimum Gasteiger partial charge on any atom is -0.497 e. The fraction of sp³-hybridized carbons (Fsp3) is 0.364. The standard InChI is InChI=1S/C22H26N2O/c1-25-21-10-8-20(9-11-21)24-16-14-23(15-17-24)13-12-19-7-6-18-4-2-3-5-22(18)19/h2-5,7-11H,6,12-17H2,1H3. The van der Waals surface area contributed by atoms with Crippen molar-refractivity contribution in [2.75, 3.05) is 44.7 Å². The molecule has 0 bridgehead atoms. The van der Waals surface area contributed by atoms with Gasteiger partial charge in [-0.2, -0.15) is 0 Å². The second-order valence-corrected chi connectivity index (χ2v) is 6.87. The van der Waals surface area contributed by atoms with Crippen LogP contribution in [-0.4, -0.2) is 44.7 Å². The number of benzene rings is 2. The number of anilines is 1. The van der Waals surface area contributed by atoms with E-state index in [0.29, 0.717) is 0 Å². The molecule has 2 aromatic rings. The van der Waals surface area contributed by atoms with Crippen molar-refractivity contribution in [2.24, 2.45) is 0 Å². The monoisotopic (exact) mass is 334 g/mol. The third kappa shape index (κ3) is 3.57. The lowest BCUT2D eigenvalue weighted by Gasteiger charge is -2.36. The minimum atomic E-state index is 0.924. The molecule has 4 rings (SSSR count). The van der Waals surface area contributed by atoms with Crippen LogP contribution in [-0.2, 0) is 6.42 Å². The first-order valence-corrected chi connectivity index (χ1v) is 9.22. The average molecular weight is 334 g/mol. The molecule has 1 saturated heterocycles. The molecule has 1 fully saturated rings. The molecule has 130 valence electrons. The molecule has 3 nitrogen and oxygen atoms in total. The van der Waals surface area contributed by atoms with E-state index in [1.54, 1.807) is 7.11 Å². The molecule has 0 saturated carbocycles. The highest BCUT2D eigenvalue weighted by atomic mass is 16.5. The molecule has 1 aliphatic heterocycles. The van der Waals surface area contributed by atoms with Crippen LogP contribution in [0.1, 0.15) is 17.5 Å². The van der Waals surface area contributed by atoms with Crippen LogP contribution in [0.4, 0.5) is 5.69 Å². The Bertz CT molecular complexity index is 743. The van der Waals surface area contributed by atoms with Crippen molar-refractivity contribution in [3.05, 3.63) is 65.7 Å². The van der Waals surface area contributed by atoms with Gasteiger partial charge in [-0.25, -0.2) is 0 Å². The van der Waals surface area contributed by atoms with E-state index in [4.69, 9.17) is 4.74 Å². The van der Waals surface area contributed by atoms with Crippen LogP contribution in [0.5, 0.6) is 5.75 Å². The first kappa shape index (κ1) is 16.2. The number of allylic oxidation sites excluding steroid dienone is 1. The number of fused-ring (bicyclic) bond motifs is 1. The molecule has 2 aliphatic rings. The lowest BCUT2D eigenvalue weighted by molar-refractivity contribution is 0.264. The molecule has 0 amide bonds. The highest BCUT2D eigenvalue weighted by Crippen LogP contribution is 2.29. The molecule has 2 aromatic carbocycles. The quantitative estimate of drug-likeness (QED) is 0.826. The summed E-state index contributed by atoms with van der Waals surface area (Å²) in [6, 6.07) is 17.3. The molecular formula is C22H26N2O. The fourth-order valence-electron chi connectivity index (χ4n) is 3.89. The van der Waals surface area contributed by atoms with Gasteiger partial charge in [0.2, 0.25) is 0 Å². The van der Waals surface area contributed by atoms with Crippen LogP contribution in [0.3, 0.4) is 0 Å². The van der Waals surface area contributed by atoms with Gasteiger partial charge in [-0.3, -0.25) is 4.90 Å². The van der Waals surface area contributed by atoms with Crippen molar-refractivity contribution in [2.45, 2.75) is 12.8 Å². The van der Waals surface area contributed by atoms with Gasteiger partial charge in [0.25, 0.3) is 0 Å². The van der Waals surface area contributed by atoms with Gasteiger partial charge in [-0.1, -0.05) is 30.3 Å². The van der Waals surface area contributed by atoms with E-state index >= 15 is 0 Å². The molecule has 0 N–H and O–H groups in total. The van der Waals surface area contributed by atoms with E-state index in [-0.39, 0.29) is 0 Å². The van der Waals surface area contributed by atoms with Crippen LogP contribution in [0, 0.1) is 0 Å². The highest BCUT2D eigenvalue weighted by Gasteiger charge is 2.19. The molecule has 0 radical (unpaired) electrons. The van der Waals surface area contributed by atoms with E-state index in [9.17, 15) is 0 Å². The van der Waals surface area contributed by atoms with Gasteiger partial charge in [-0.05, 0) is 53.8 Å². The van der Waals surface area contributed by atoms with Crippen molar-refractivity contribution >= 4 is 11.3 Å². The Hall–Kier alpha value is -2.26. The van der Waals surface area contributed by atoms with E-state index in [0.717, 1.165) is 44.9 Å². The number of ether oxygens (including phenoxy) is 1. The first-order chi connectivity index (χ1) is 12.3. The number of hydrogen-bond donors (Lipinski definition) is 0. The van der Waals surface area contributed by atoms with Gasteiger partial charge < -0.3 is 9.64 Å². The highest BCUT2D eigenvalue weighted by molar-refractivity contribution is 5.73. The Labute approximate surface area is 150 Å². The fourth-order valence-corrected chi connectivity index (χ4v) is 3.89. The zero-order valence-electron chi connectivity index (χ0n) is 14.9. The summed E-state index contributed by atoms with van der Waals surface area (Å²) in [5.74, 6) is 0.924. The summed E-state index contributed by atoms with van der Waals surface area (Å²) in [5, 5.41) is 0. The van der Waals surface area contributed by atoms with Crippen LogP contribution < -0.4 is 9.64 Å². The summed E-state index contributed by atoms with van der Waals surface area (Å²) in [4.78, 5) is 5.07. The number of piperazine rings is 1. The Balaban J connectivity index is 1.28. The summed E-state index contributed by atoms with van der Waals surface area (Å²) in [6.45, 7) is 5.64. The number of rotatable bonds is 5. The molecule has 1 aliphatic carbocycles. The van der Waals surface area contributed by atoms with E-state index in [1.165, 1.54) is 28.8 Å². The molecule has 0 spiro atoms. The zero-order valence-corrected chi connectivity index (χ0v) is 14.9. The molecule has 0 aromatic heterocycles. The van der Waals surface area contributed by atoms with Crippen LogP contribution in [0.2, 0.25) is 0 Å². The second-order valence-electron chi connectivity index (χ2n) is 6.87. The Morgan fingerprint density at radius 1 is 0.920 bits per heavy atom. The van der Waals surface area contributed by atoms with Crippen LogP contribution in [0.15, 0.2) is 54.6 Å². The Morgan fingerprint density at radius 3 is 2.44 bits per heavy atom. The SMILES string of the molecule is COc1ccc(N2CCN(CCC3=CCc4ccccc43)CC2)cc1. The smallest absolute Gasteiger partial charge is 0.119 e. The topological polar surface area (TPSA) is 15.7 Å². The lowest BCUT2D eigenvalue weighted by atomic mass is 10.0. The van der Waals surface area contributed by atoms with Crippen molar-refractivity contribution in [1.82, 2.24) is 4.90 Å². The van der Waals surface area contributed by atoms with E-state index < -0.39 is 0 Å². The van der Waals surface area contributed by atoms with Crippen molar-refractivity contribution < 1.29 is 4.74 Å². The normalized spacial score (nSPS) is 17.3. The molecule has 0 unspecified atom stereocenters. The number of hydrogen-bond acceptors (Lipinski definition) is 3. The molecule has 25 heavy (non-hydrogen) atoms. The van der Waals surface area contributed by atoms with Gasteiger partial charge in [0.05, 0.1) is 7.11 Å². The predicted molar refractivity (Wildman–Crippen MR) is 104 cm³/mol. The lowest BCUT2D eigenvalue weighted by Crippen LogP contribution is -2.46. The van der Waals surface area contributed by atoms with Gasteiger partial charge >= 0.3 is 0 Å². The minimum absolute atomic E-state index is 0.924. The number of methoxy groups -OCH3 is 1. The Morgan fingerprint density at radius 2 is 1.68 bits per heavy atom. The van der Waals surface area contributed by atoms with E-state index in [1.807, 2.05) is 12.1 Å². The number of nitrogens with zero attached hydrogens (tertiary/aromatic N) is 2. The van der Waals surface area contributed by atoms with Crippen molar-refractivity contribution in [3.8, 4) is 5.75 Å². The maximum Gasteiger partial charge on any atom is 0.119 e. The van der Waals surface area contributed by atoms with Gasteiger partial charge in [0.1, 0.15) is 5.75 Å². The maximum atomic E-state index is 5.25. The van der Waals surface area contributed by atoms with Gasteiger partial charge in [0, 0.05) is 38.4 Å².